The van der Waals surface area contributed by atoms with E-state index in [1.165, 1.54) is 18.6 Å². The summed E-state index contributed by atoms with van der Waals surface area (Å²) in [6.45, 7) is 8.46. The maximum absolute atomic E-state index is 13.8. The number of carbonyl (C=O) groups is 3. The Kier molecular flexibility index (Phi) is 8.26. The van der Waals surface area contributed by atoms with Crippen LogP contribution in [-0.2, 0) is 28.6 Å². The zero-order valence-corrected chi connectivity index (χ0v) is 23.9. The lowest BCUT2D eigenvalue weighted by Gasteiger charge is -2.61. The minimum atomic E-state index is -1.71. The number of allylic oxidation sites excluding steroid dienone is 4. The number of cyclic esters (lactones) is 1. The Morgan fingerprint density at radius 1 is 1.10 bits per heavy atom. The standard InChI is InChI=1S/C30H42O10/c1-17-8-11-29-14-13-27(4,30(29,12-9-17)15-19(3)32)28(5,40-26(29)37)10-6-7-18(2)24(36)39-25-23(35)22(34)21(33)20(16-31)38-25/h6-8,10,20-23,25,31,33-35H,9,11-16H2,1-5H3/t20?,21?,22?,23?,25?,27-,28+,29+,30-/m0/s1. The molecule has 0 amide bonds. The summed E-state index contributed by atoms with van der Waals surface area (Å²) in [6.07, 6.45) is 2.99. The van der Waals surface area contributed by atoms with Crippen LogP contribution in [0.3, 0.4) is 0 Å². The highest BCUT2D eigenvalue weighted by Crippen LogP contribution is 2.76. The van der Waals surface area contributed by atoms with Crippen LogP contribution in [0.1, 0.15) is 73.1 Å². The molecule has 9 atom stereocenters. The summed E-state index contributed by atoms with van der Waals surface area (Å²) >= 11 is 0. The number of rotatable bonds is 7. The van der Waals surface area contributed by atoms with Gasteiger partial charge in [0.25, 0.3) is 0 Å². The smallest absolute Gasteiger partial charge is 0.336 e. The fourth-order valence-electron chi connectivity index (χ4n) is 7.55. The molecule has 1 saturated carbocycles. The van der Waals surface area contributed by atoms with E-state index in [4.69, 9.17) is 14.2 Å². The molecule has 2 saturated heterocycles. The van der Waals surface area contributed by atoms with Gasteiger partial charge in [0.2, 0.25) is 6.29 Å². The molecule has 10 nitrogen and oxygen atoms in total. The predicted molar refractivity (Wildman–Crippen MR) is 142 cm³/mol. The van der Waals surface area contributed by atoms with E-state index < -0.39 is 65.1 Å². The van der Waals surface area contributed by atoms with Crippen molar-refractivity contribution in [3.8, 4) is 0 Å². The monoisotopic (exact) mass is 562 g/mol. The molecule has 3 fully saturated rings. The van der Waals surface area contributed by atoms with Gasteiger partial charge in [-0.15, -0.1) is 0 Å². The minimum Gasteiger partial charge on any atom is -0.454 e. The third kappa shape index (κ3) is 4.58. The summed E-state index contributed by atoms with van der Waals surface area (Å²) in [5.74, 6) is -1.08. The molecule has 4 aliphatic rings. The van der Waals surface area contributed by atoms with Crippen LogP contribution in [0.4, 0.5) is 0 Å². The summed E-state index contributed by atoms with van der Waals surface area (Å²) < 4.78 is 16.7. The fraction of sp³-hybridized carbons (Fsp3) is 0.700. The van der Waals surface area contributed by atoms with Gasteiger partial charge in [0.05, 0.1) is 12.0 Å². The number of hydrogen-bond donors (Lipinski definition) is 4. The normalized spacial score (nSPS) is 43.5. The third-order valence-electron chi connectivity index (χ3n) is 10.3. The number of aliphatic hydroxyl groups is 4. The lowest BCUT2D eigenvalue weighted by Crippen LogP contribution is -2.65. The Labute approximate surface area is 234 Å². The molecular weight excluding hydrogens is 520 g/mol. The maximum atomic E-state index is 13.8. The zero-order valence-electron chi connectivity index (χ0n) is 23.9. The second-order valence-electron chi connectivity index (χ2n) is 12.4. The van der Waals surface area contributed by atoms with Crippen molar-refractivity contribution in [3.05, 3.63) is 35.5 Å². The molecule has 0 aromatic heterocycles. The summed E-state index contributed by atoms with van der Waals surface area (Å²) in [4.78, 5) is 39.2. The second-order valence-corrected chi connectivity index (χ2v) is 12.4. The molecule has 5 unspecified atom stereocenters. The average molecular weight is 563 g/mol. The first-order chi connectivity index (χ1) is 18.7. The Morgan fingerprint density at radius 3 is 2.45 bits per heavy atom. The first-order valence-electron chi connectivity index (χ1n) is 13.9. The van der Waals surface area contributed by atoms with Crippen LogP contribution in [0.25, 0.3) is 0 Å². The van der Waals surface area contributed by atoms with E-state index in [0.717, 1.165) is 6.42 Å². The molecular formula is C30H42O10. The molecule has 2 heterocycles. The van der Waals surface area contributed by atoms with Crippen LogP contribution in [0, 0.1) is 16.2 Å². The molecule has 0 radical (unpaired) electrons. The lowest BCUT2D eigenvalue weighted by atomic mass is 9.46. The molecule has 2 bridgehead atoms. The molecule has 0 spiro atoms. The van der Waals surface area contributed by atoms with Crippen molar-refractivity contribution < 1.29 is 49.0 Å². The second kappa shape index (κ2) is 10.8. The first kappa shape index (κ1) is 30.6. The number of Topliss-reactive ketones (excluding diaryl/α,β-unsaturated/α-hetero) is 1. The van der Waals surface area contributed by atoms with Crippen molar-refractivity contribution in [2.75, 3.05) is 6.61 Å². The summed E-state index contributed by atoms with van der Waals surface area (Å²) in [5, 5.41) is 39.4. The summed E-state index contributed by atoms with van der Waals surface area (Å²) in [6, 6.07) is 0. The lowest BCUT2D eigenvalue weighted by molar-refractivity contribution is -0.291. The topological polar surface area (TPSA) is 160 Å². The van der Waals surface area contributed by atoms with E-state index in [1.54, 1.807) is 19.1 Å². The number of aliphatic hydroxyl groups excluding tert-OH is 4. The Balaban J connectivity index is 1.58. The maximum Gasteiger partial charge on any atom is 0.336 e. The largest absolute Gasteiger partial charge is 0.454 e. The van der Waals surface area contributed by atoms with Crippen molar-refractivity contribution in [3.63, 3.8) is 0 Å². The highest BCUT2D eigenvalue weighted by Gasteiger charge is 2.77. The zero-order chi connectivity index (χ0) is 29.7. The van der Waals surface area contributed by atoms with E-state index in [1.807, 2.05) is 6.92 Å². The van der Waals surface area contributed by atoms with Gasteiger partial charge < -0.3 is 39.4 Å². The van der Waals surface area contributed by atoms with E-state index in [2.05, 4.69) is 19.9 Å². The number of ketones is 1. The number of esters is 2. The number of carbonyl (C=O) groups excluding carboxylic acids is 3. The fourth-order valence-corrected chi connectivity index (χ4v) is 7.55. The Hall–Kier alpha value is -2.37. The summed E-state index contributed by atoms with van der Waals surface area (Å²) in [5.41, 5.74) is -1.56. The van der Waals surface area contributed by atoms with Gasteiger partial charge in [0.1, 0.15) is 35.8 Å². The molecule has 40 heavy (non-hydrogen) atoms. The van der Waals surface area contributed by atoms with Crippen molar-refractivity contribution >= 4 is 17.7 Å². The molecule has 0 aromatic rings. The SMILES string of the molecule is CC(=O)C[C@]12CCC(C)=CC[C@]13CC[C@@]2(C)[C@@](C)(C=CC=C(C)C(=O)OC1OC(CO)C(O)C(O)C1O)OC3=O. The molecule has 2 aliphatic heterocycles. The van der Waals surface area contributed by atoms with Crippen molar-refractivity contribution in [1.29, 1.82) is 0 Å². The quantitative estimate of drug-likeness (QED) is 0.156. The van der Waals surface area contributed by atoms with E-state index in [0.29, 0.717) is 32.1 Å². The van der Waals surface area contributed by atoms with Gasteiger partial charge in [-0.2, -0.15) is 0 Å². The highest BCUT2D eigenvalue weighted by atomic mass is 16.7. The van der Waals surface area contributed by atoms with Crippen LogP contribution < -0.4 is 0 Å². The first-order valence-corrected chi connectivity index (χ1v) is 13.9. The van der Waals surface area contributed by atoms with Crippen LogP contribution in [-0.4, -0.2) is 81.1 Å². The van der Waals surface area contributed by atoms with Crippen molar-refractivity contribution in [2.24, 2.45) is 16.2 Å². The van der Waals surface area contributed by atoms with E-state index in [-0.39, 0.29) is 17.3 Å². The molecule has 222 valence electrons. The third-order valence-corrected chi connectivity index (χ3v) is 10.3. The van der Waals surface area contributed by atoms with Gasteiger partial charge in [-0.25, -0.2) is 4.79 Å². The van der Waals surface area contributed by atoms with E-state index >= 15 is 0 Å². The highest BCUT2D eigenvalue weighted by molar-refractivity contribution is 5.88. The van der Waals surface area contributed by atoms with Crippen molar-refractivity contribution in [2.45, 2.75) is 109 Å². The van der Waals surface area contributed by atoms with Crippen molar-refractivity contribution in [1.82, 2.24) is 0 Å². The molecule has 4 rings (SSSR count). The van der Waals surface area contributed by atoms with Crippen LogP contribution in [0.2, 0.25) is 0 Å². The van der Waals surface area contributed by atoms with Crippen LogP contribution in [0.5, 0.6) is 0 Å². The van der Waals surface area contributed by atoms with E-state index in [9.17, 15) is 34.8 Å². The molecule has 4 N–H and O–H groups in total. The average Bonchev–Trinajstić information content (AvgIpc) is 2.98. The van der Waals surface area contributed by atoms with Gasteiger partial charge in [0, 0.05) is 22.8 Å². The van der Waals surface area contributed by atoms with Gasteiger partial charge in [-0.1, -0.05) is 30.7 Å². The van der Waals surface area contributed by atoms with Crippen LogP contribution >= 0.6 is 0 Å². The van der Waals surface area contributed by atoms with Gasteiger partial charge in [-0.3, -0.25) is 4.79 Å². The number of ether oxygens (including phenoxy) is 3. The molecule has 2 aliphatic carbocycles. The predicted octanol–water partition coefficient (Wildman–Crippen LogP) is 2.03. The molecule has 0 aromatic carbocycles. The summed E-state index contributed by atoms with van der Waals surface area (Å²) in [7, 11) is 0. The van der Waals surface area contributed by atoms with Crippen LogP contribution in [0.15, 0.2) is 35.5 Å². The number of hydrogen-bond acceptors (Lipinski definition) is 10. The Bertz CT molecular complexity index is 1140. The minimum absolute atomic E-state index is 0.0461. The van der Waals surface area contributed by atoms with Gasteiger partial charge >= 0.3 is 11.9 Å². The Morgan fingerprint density at radius 2 is 1.80 bits per heavy atom. The van der Waals surface area contributed by atoms with Gasteiger partial charge in [-0.05, 0) is 65.9 Å². The van der Waals surface area contributed by atoms with Gasteiger partial charge in [0.15, 0.2) is 0 Å². The molecule has 10 heteroatoms.